The minimum Gasteiger partial charge on any atom is -0.494 e. The van der Waals surface area contributed by atoms with Crippen LogP contribution < -0.4 is 10.1 Å². The molecule has 1 atom stereocenters. The van der Waals surface area contributed by atoms with Crippen molar-refractivity contribution in [2.24, 2.45) is 0 Å². The number of carbonyl (C=O) groups excluding carboxylic acids is 1. The van der Waals surface area contributed by atoms with Crippen LogP contribution in [0.15, 0.2) is 54.6 Å². The molecule has 2 rings (SSSR count). The predicted molar refractivity (Wildman–Crippen MR) is 94.7 cm³/mol. The van der Waals surface area contributed by atoms with Crippen molar-refractivity contribution in [3.05, 3.63) is 70.8 Å². The van der Waals surface area contributed by atoms with E-state index >= 15 is 0 Å². The van der Waals surface area contributed by atoms with Gasteiger partial charge in [-0.3, -0.25) is 4.79 Å². The van der Waals surface area contributed by atoms with Crippen LogP contribution in [0.25, 0.3) is 6.08 Å². The SMILES string of the molecule is CCOc1ccc([C@H](C)NC(=O)/C=C/c2ccc(Cl)cc2)cc1. The van der Waals surface area contributed by atoms with Crippen LogP contribution in [0.1, 0.15) is 31.0 Å². The molecule has 3 nitrogen and oxygen atoms in total. The highest BCUT2D eigenvalue weighted by molar-refractivity contribution is 6.30. The predicted octanol–water partition coefficient (Wildman–Crippen LogP) is 4.63. The molecule has 0 aliphatic heterocycles. The van der Waals surface area contributed by atoms with Gasteiger partial charge in [-0.15, -0.1) is 0 Å². The molecule has 0 saturated heterocycles. The topological polar surface area (TPSA) is 38.3 Å². The van der Waals surface area contributed by atoms with Gasteiger partial charge in [-0.05, 0) is 55.3 Å². The number of nitrogens with one attached hydrogen (secondary N) is 1. The third-order valence-electron chi connectivity index (χ3n) is 3.35. The van der Waals surface area contributed by atoms with Crippen LogP contribution in [0.3, 0.4) is 0 Å². The fraction of sp³-hybridized carbons (Fsp3) is 0.211. The number of hydrogen-bond donors (Lipinski definition) is 1. The zero-order valence-corrected chi connectivity index (χ0v) is 14.0. The zero-order chi connectivity index (χ0) is 16.7. The number of ether oxygens (including phenoxy) is 1. The van der Waals surface area contributed by atoms with Gasteiger partial charge in [-0.1, -0.05) is 35.9 Å². The van der Waals surface area contributed by atoms with Gasteiger partial charge in [0, 0.05) is 11.1 Å². The van der Waals surface area contributed by atoms with Gasteiger partial charge in [0.25, 0.3) is 0 Å². The normalized spacial score (nSPS) is 12.1. The number of carbonyl (C=O) groups is 1. The molecular formula is C19H20ClNO2. The summed E-state index contributed by atoms with van der Waals surface area (Å²) >= 11 is 5.83. The standard InChI is InChI=1S/C19H20ClNO2/c1-3-23-18-11-7-16(8-12-18)14(2)21-19(22)13-6-15-4-9-17(20)10-5-15/h4-14H,3H2,1-2H3,(H,21,22)/b13-6+/t14-/m0/s1. The maximum atomic E-state index is 12.0. The lowest BCUT2D eigenvalue weighted by Crippen LogP contribution is -2.24. The van der Waals surface area contributed by atoms with Gasteiger partial charge in [0.2, 0.25) is 5.91 Å². The second kappa shape index (κ2) is 8.39. The highest BCUT2D eigenvalue weighted by Crippen LogP contribution is 2.17. The average molecular weight is 330 g/mol. The molecule has 2 aromatic carbocycles. The molecule has 0 radical (unpaired) electrons. The van der Waals surface area contributed by atoms with Crippen molar-refractivity contribution in [1.82, 2.24) is 5.32 Å². The average Bonchev–Trinajstić information content (AvgIpc) is 2.55. The van der Waals surface area contributed by atoms with Crippen molar-refractivity contribution in [2.75, 3.05) is 6.61 Å². The number of benzene rings is 2. The van der Waals surface area contributed by atoms with Gasteiger partial charge < -0.3 is 10.1 Å². The highest BCUT2D eigenvalue weighted by Gasteiger charge is 2.07. The summed E-state index contributed by atoms with van der Waals surface area (Å²) in [5.74, 6) is 0.693. The fourth-order valence-electron chi connectivity index (χ4n) is 2.11. The van der Waals surface area contributed by atoms with Crippen molar-refractivity contribution in [3.63, 3.8) is 0 Å². The molecule has 0 spiro atoms. The Balaban J connectivity index is 1.92. The molecule has 0 heterocycles. The molecule has 4 heteroatoms. The van der Waals surface area contributed by atoms with Crippen LogP contribution in [0.5, 0.6) is 5.75 Å². The van der Waals surface area contributed by atoms with Crippen molar-refractivity contribution >= 4 is 23.6 Å². The quantitative estimate of drug-likeness (QED) is 0.785. The van der Waals surface area contributed by atoms with Gasteiger partial charge in [-0.2, -0.15) is 0 Å². The first-order valence-electron chi connectivity index (χ1n) is 7.55. The zero-order valence-electron chi connectivity index (χ0n) is 13.3. The molecule has 0 aliphatic carbocycles. The third-order valence-corrected chi connectivity index (χ3v) is 3.60. The Morgan fingerprint density at radius 2 is 1.83 bits per heavy atom. The number of hydrogen-bond acceptors (Lipinski definition) is 2. The van der Waals surface area contributed by atoms with E-state index in [0.717, 1.165) is 16.9 Å². The Labute approximate surface area is 141 Å². The Bertz CT molecular complexity index is 663. The Morgan fingerprint density at radius 3 is 2.43 bits per heavy atom. The van der Waals surface area contributed by atoms with Gasteiger partial charge in [-0.25, -0.2) is 0 Å². The summed E-state index contributed by atoms with van der Waals surface area (Å²) in [7, 11) is 0. The van der Waals surface area contributed by atoms with E-state index in [1.54, 1.807) is 18.2 Å². The molecule has 0 bridgehead atoms. The highest BCUT2D eigenvalue weighted by atomic mass is 35.5. The maximum absolute atomic E-state index is 12.0. The van der Waals surface area contributed by atoms with Gasteiger partial charge in [0.15, 0.2) is 0 Å². The van der Waals surface area contributed by atoms with Crippen LogP contribution in [0.4, 0.5) is 0 Å². The molecule has 0 aromatic heterocycles. The van der Waals surface area contributed by atoms with E-state index < -0.39 is 0 Å². The summed E-state index contributed by atoms with van der Waals surface area (Å²) in [4.78, 5) is 12.0. The Kier molecular flexibility index (Phi) is 6.24. The van der Waals surface area contributed by atoms with E-state index in [1.165, 1.54) is 6.08 Å². The second-order valence-electron chi connectivity index (χ2n) is 5.12. The first-order valence-corrected chi connectivity index (χ1v) is 7.93. The molecule has 0 unspecified atom stereocenters. The van der Waals surface area contributed by atoms with E-state index in [0.29, 0.717) is 11.6 Å². The first kappa shape index (κ1) is 17.1. The monoisotopic (exact) mass is 329 g/mol. The Hall–Kier alpha value is -2.26. The summed E-state index contributed by atoms with van der Waals surface area (Å²) in [6, 6.07) is 15.0. The molecule has 1 N–H and O–H groups in total. The van der Waals surface area contributed by atoms with E-state index in [1.807, 2.05) is 50.2 Å². The molecule has 23 heavy (non-hydrogen) atoms. The number of rotatable bonds is 6. The van der Waals surface area contributed by atoms with E-state index in [4.69, 9.17) is 16.3 Å². The summed E-state index contributed by atoms with van der Waals surface area (Å²) in [6.45, 7) is 4.54. The van der Waals surface area contributed by atoms with E-state index in [9.17, 15) is 4.79 Å². The van der Waals surface area contributed by atoms with Gasteiger partial charge in [0.1, 0.15) is 5.75 Å². The van der Waals surface area contributed by atoms with Crippen molar-refractivity contribution in [3.8, 4) is 5.75 Å². The molecule has 0 saturated carbocycles. The van der Waals surface area contributed by atoms with Crippen molar-refractivity contribution in [1.29, 1.82) is 0 Å². The third kappa shape index (κ3) is 5.46. The van der Waals surface area contributed by atoms with Crippen LogP contribution in [0, 0.1) is 0 Å². The summed E-state index contributed by atoms with van der Waals surface area (Å²) < 4.78 is 5.41. The number of halogens is 1. The smallest absolute Gasteiger partial charge is 0.244 e. The van der Waals surface area contributed by atoms with Crippen LogP contribution in [-0.4, -0.2) is 12.5 Å². The molecular weight excluding hydrogens is 310 g/mol. The summed E-state index contributed by atoms with van der Waals surface area (Å²) in [5, 5.41) is 3.61. The van der Waals surface area contributed by atoms with Crippen LogP contribution in [0.2, 0.25) is 5.02 Å². The van der Waals surface area contributed by atoms with Crippen LogP contribution >= 0.6 is 11.6 Å². The summed E-state index contributed by atoms with van der Waals surface area (Å²) in [5.41, 5.74) is 1.96. The summed E-state index contributed by atoms with van der Waals surface area (Å²) in [6.07, 6.45) is 3.28. The Morgan fingerprint density at radius 1 is 1.17 bits per heavy atom. The first-order chi connectivity index (χ1) is 11.1. The number of amides is 1. The lowest BCUT2D eigenvalue weighted by atomic mass is 10.1. The van der Waals surface area contributed by atoms with E-state index in [2.05, 4.69) is 5.32 Å². The molecule has 0 aliphatic rings. The maximum Gasteiger partial charge on any atom is 0.244 e. The lowest BCUT2D eigenvalue weighted by Gasteiger charge is -2.13. The minimum atomic E-state index is -0.138. The second-order valence-corrected chi connectivity index (χ2v) is 5.55. The largest absolute Gasteiger partial charge is 0.494 e. The minimum absolute atomic E-state index is 0.0759. The van der Waals surface area contributed by atoms with Gasteiger partial charge >= 0.3 is 0 Å². The van der Waals surface area contributed by atoms with Crippen molar-refractivity contribution < 1.29 is 9.53 Å². The fourth-order valence-corrected chi connectivity index (χ4v) is 2.24. The molecule has 0 fully saturated rings. The lowest BCUT2D eigenvalue weighted by molar-refractivity contribution is -0.117. The molecule has 2 aromatic rings. The van der Waals surface area contributed by atoms with Gasteiger partial charge in [0.05, 0.1) is 12.6 Å². The van der Waals surface area contributed by atoms with Crippen molar-refractivity contribution in [2.45, 2.75) is 19.9 Å². The molecule has 1 amide bonds. The van der Waals surface area contributed by atoms with Crippen LogP contribution in [-0.2, 0) is 4.79 Å². The van der Waals surface area contributed by atoms with E-state index in [-0.39, 0.29) is 11.9 Å². The molecule has 120 valence electrons.